The number of nitrogens with one attached hydrogen (secondary N) is 1. The van der Waals surface area contributed by atoms with E-state index in [2.05, 4.69) is 35.7 Å². The van der Waals surface area contributed by atoms with Gasteiger partial charge in [-0.2, -0.15) is 5.26 Å². The van der Waals surface area contributed by atoms with Gasteiger partial charge in [0.1, 0.15) is 6.07 Å². The standard InChI is InChI=1S/C24H18N2/c25-18-24(21-11-3-1-4-12-21,26-23-13-5-2-6-14-23)22-16-15-19-9-7-8-10-20(19)17-22/h1-17,26H. The van der Waals surface area contributed by atoms with Crippen LogP contribution in [0.15, 0.2) is 103 Å². The van der Waals surface area contributed by atoms with Gasteiger partial charge in [0.25, 0.3) is 0 Å². The van der Waals surface area contributed by atoms with E-state index in [-0.39, 0.29) is 0 Å². The summed E-state index contributed by atoms with van der Waals surface area (Å²) in [6.07, 6.45) is 0. The third kappa shape index (κ3) is 2.81. The van der Waals surface area contributed by atoms with Gasteiger partial charge in [0, 0.05) is 5.69 Å². The Kier molecular flexibility index (Phi) is 4.13. The highest BCUT2D eigenvalue weighted by molar-refractivity contribution is 5.84. The van der Waals surface area contributed by atoms with Crippen LogP contribution in [0.25, 0.3) is 10.8 Å². The van der Waals surface area contributed by atoms with Crippen molar-refractivity contribution >= 4 is 16.5 Å². The summed E-state index contributed by atoms with van der Waals surface area (Å²) >= 11 is 0. The Morgan fingerprint density at radius 3 is 1.92 bits per heavy atom. The molecule has 0 saturated heterocycles. The molecule has 4 rings (SSSR count). The van der Waals surface area contributed by atoms with Crippen molar-refractivity contribution in [2.75, 3.05) is 5.32 Å². The second-order valence-corrected chi connectivity index (χ2v) is 6.28. The highest BCUT2D eigenvalue weighted by atomic mass is 15.0. The second kappa shape index (κ2) is 6.74. The topological polar surface area (TPSA) is 35.8 Å². The van der Waals surface area contributed by atoms with Gasteiger partial charge in [0.15, 0.2) is 5.54 Å². The highest BCUT2D eigenvalue weighted by Gasteiger charge is 2.34. The molecule has 4 aromatic carbocycles. The number of hydrogen-bond donors (Lipinski definition) is 1. The van der Waals surface area contributed by atoms with Crippen molar-refractivity contribution < 1.29 is 0 Å². The highest BCUT2D eigenvalue weighted by Crippen LogP contribution is 2.34. The predicted molar refractivity (Wildman–Crippen MR) is 107 cm³/mol. The molecule has 0 aliphatic rings. The van der Waals surface area contributed by atoms with Gasteiger partial charge in [-0.1, -0.05) is 84.9 Å². The molecule has 0 radical (unpaired) electrons. The molecule has 0 aromatic heterocycles. The summed E-state index contributed by atoms with van der Waals surface area (Å²) in [4.78, 5) is 0. The fourth-order valence-electron chi connectivity index (χ4n) is 3.32. The maximum absolute atomic E-state index is 10.3. The minimum Gasteiger partial charge on any atom is -0.360 e. The third-order valence-corrected chi connectivity index (χ3v) is 4.66. The van der Waals surface area contributed by atoms with Gasteiger partial charge in [0.2, 0.25) is 0 Å². The minimum absolute atomic E-state index is 0.908. The number of fused-ring (bicyclic) bond motifs is 1. The van der Waals surface area contributed by atoms with Crippen LogP contribution in [0, 0.1) is 11.3 Å². The Morgan fingerprint density at radius 1 is 0.615 bits per heavy atom. The maximum Gasteiger partial charge on any atom is 0.176 e. The number of anilines is 1. The van der Waals surface area contributed by atoms with Gasteiger partial charge in [-0.3, -0.25) is 0 Å². The molecule has 0 bridgehead atoms. The quantitative estimate of drug-likeness (QED) is 0.518. The van der Waals surface area contributed by atoms with Crippen molar-refractivity contribution in [3.63, 3.8) is 0 Å². The van der Waals surface area contributed by atoms with E-state index in [9.17, 15) is 5.26 Å². The molecular weight excluding hydrogens is 316 g/mol. The van der Waals surface area contributed by atoms with E-state index in [0.717, 1.165) is 27.6 Å². The smallest absolute Gasteiger partial charge is 0.176 e. The van der Waals surface area contributed by atoms with Crippen molar-refractivity contribution in [1.82, 2.24) is 0 Å². The predicted octanol–water partition coefficient (Wildman–Crippen LogP) is 5.72. The van der Waals surface area contributed by atoms with Crippen molar-refractivity contribution in [1.29, 1.82) is 5.26 Å². The van der Waals surface area contributed by atoms with E-state index in [1.807, 2.05) is 78.9 Å². The summed E-state index contributed by atoms with van der Waals surface area (Å²) in [6, 6.07) is 36.7. The molecule has 1 atom stereocenters. The Balaban J connectivity index is 1.93. The number of para-hydroxylation sites is 1. The van der Waals surface area contributed by atoms with Crippen LogP contribution in [0.4, 0.5) is 5.69 Å². The molecule has 0 spiro atoms. The molecule has 2 nitrogen and oxygen atoms in total. The summed E-state index contributed by atoms with van der Waals surface area (Å²) in [6.45, 7) is 0. The molecule has 0 saturated carbocycles. The van der Waals surface area contributed by atoms with E-state index in [4.69, 9.17) is 0 Å². The Hall–Kier alpha value is -3.57. The number of benzene rings is 4. The average molecular weight is 334 g/mol. The van der Waals surface area contributed by atoms with Crippen LogP contribution in [0.5, 0.6) is 0 Å². The van der Waals surface area contributed by atoms with Gasteiger partial charge in [-0.15, -0.1) is 0 Å². The van der Waals surface area contributed by atoms with Crippen molar-refractivity contribution in [2.24, 2.45) is 0 Å². The van der Waals surface area contributed by atoms with Crippen LogP contribution in [0.2, 0.25) is 0 Å². The Labute approximate surface area is 153 Å². The summed E-state index contributed by atoms with van der Waals surface area (Å²) < 4.78 is 0. The van der Waals surface area contributed by atoms with Crippen LogP contribution < -0.4 is 5.32 Å². The van der Waals surface area contributed by atoms with Crippen LogP contribution in [-0.4, -0.2) is 0 Å². The van der Waals surface area contributed by atoms with E-state index in [1.165, 1.54) is 0 Å². The van der Waals surface area contributed by atoms with Crippen molar-refractivity contribution in [3.05, 3.63) is 114 Å². The van der Waals surface area contributed by atoms with Crippen LogP contribution in [0.1, 0.15) is 11.1 Å². The van der Waals surface area contributed by atoms with Crippen molar-refractivity contribution in [2.45, 2.75) is 5.54 Å². The lowest BCUT2D eigenvalue weighted by atomic mass is 9.83. The van der Waals surface area contributed by atoms with Crippen LogP contribution >= 0.6 is 0 Å². The normalized spacial score (nSPS) is 12.9. The molecule has 0 aliphatic carbocycles. The van der Waals surface area contributed by atoms with Gasteiger partial charge in [0.05, 0.1) is 0 Å². The minimum atomic E-state index is -0.966. The number of nitriles is 1. The van der Waals surface area contributed by atoms with Gasteiger partial charge < -0.3 is 5.32 Å². The summed E-state index contributed by atoms with van der Waals surface area (Å²) in [7, 11) is 0. The zero-order valence-electron chi connectivity index (χ0n) is 14.3. The number of hydrogen-bond acceptors (Lipinski definition) is 2. The fraction of sp³-hybridized carbons (Fsp3) is 0.0417. The molecule has 0 aliphatic heterocycles. The SMILES string of the molecule is N#CC(Nc1ccccc1)(c1ccccc1)c1ccc2ccccc2c1. The lowest BCUT2D eigenvalue weighted by Crippen LogP contribution is -2.35. The Bertz CT molecular complexity index is 1070. The zero-order chi connectivity index (χ0) is 17.8. The second-order valence-electron chi connectivity index (χ2n) is 6.28. The number of rotatable bonds is 4. The number of nitrogens with zero attached hydrogens (tertiary/aromatic N) is 1. The lowest BCUT2D eigenvalue weighted by molar-refractivity contribution is 0.761. The van der Waals surface area contributed by atoms with Crippen LogP contribution in [0.3, 0.4) is 0 Å². The molecular formula is C24H18N2. The maximum atomic E-state index is 10.3. The zero-order valence-corrected chi connectivity index (χ0v) is 14.3. The third-order valence-electron chi connectivity index (χ3n) is 4.66. The average Bonchev–Trinajstić information content (AvgIpc) is 2.73. The molecule has 1 N–H and O–H groups in total. The van der Waals surface area contributed by atoms with E-state index >= 15 is 0 Å². The van der Waals surface area contributed by atoms with Crippen molar-refractivity contribution in [3.8, 4) is 6.07 Å². The molecule has 2 heteroatoms. The van der Waals surface area contributed by atoms with Gasteiger partial charge >= 0.3 is 0 Å². The first-order chi connectivity index (χ1) is 12.8. The Morgan fingerprint density at radius 2 is 1.23 bits per heavy atom. The molecule has 124 valence electrons. The summed E-state index contributed by atoms with van der Waals surface area (Å²) in [5, 5.41) is 16.1. The van der Waals surface area contributed by atoms with Crippen LogP contribution in [-0.2, 0) is 5.54 Å². The van der Waals surface area contributed by atoms with Gasteiger partial charge in [-0.05, 0) is 40.1 Å². The summed E-state index contributed by atoms with van der Waals surface area (Å²) in [5.74, 6) is 0. The molecule has 0 fully saturated rings. The monoisotopic (exact) mass is 334 g/mol. The molecule has 0 amide bonds. The van der Waals surface area contributed by atoms with E-state index in [1.54, 1.807) is 0 Å². The first kappa shape index (κ1) is 15.9. The largest absolute Gasteiger partial charge is 0.360 e. The fourth-order valence-corrected chi connectivity index (χ4v) is 3.32. The first-order valence-electron chi connectivity index (χ1n) is 8.61. The summed E-state index contributed by atoms with van der Waals surface area (Å²) in [5.41, 5.74) is 1.79. The van der Waals surface area contributed by atoms with E-state index < -0.39 is 5.54 Å². The lowest BCUT2D eigenvalue weighted by Gasteiger charge is -2.30. The van der Waals surface area contributed by atoms with E-state index in [0.29, 0.717) is 0 Å². The first-order valence-corrected chi connectivity index (χ1v) is 8.61. The van der Waals surface area contributed by atoms with Gasteiger partial charge in [-0.25, -0.2) is 0 Å². The molecule has 26 heavy (non-hydrogen) atoms. The molecule has 0 heterocycles. The molecule has 1 unspecified atom stereocenters. The molecule has 4 aromatic rings.